The van der Waals surface area contributed by atoms with Crippen molar-refractivity contribution in [3.63, 3.8) is 0 Å². The molecule has 1 atom stereocenters. The Hall–Kier alpha value is -1.38. The highest BCUT2D eigenvalue weighted by Gasteiger charge is 2.18. The highest BCUT2D eigenvalue weighted by molar-refractivity contribution is 6.32. The van der Waals surface area contributed by atoms with Gasteiger partial charge >= 0.3 is 0 Å². The van der Waals surface area contributed by atoms with Crippen LogP contribution >= 0.6 is 11.6 Å². The number of halogens is 2. The molecule has 2 rings (SSSR count). The van der Waals surface area contributed by atoms with Gasteiger partial charge in [-0.1, -0.05) is 35.9 Å². The van der Waals surface area contributed by atoms with Crippen molar-refractivity contribution in [2.24, 2.45) is 0 Å². The van der Waals surface area contributed by atoms with Gasteiger partial charge in [-0.25, -0.2) is 4.39 Å². The Kier molecular flexibility index (Phi) is 4.23. The molecule has 2 aromatic carbocycles. The smallest absolute Gasteiger partial charge is 0.123 e. The van der Waals surface area contributed by atoms with Crippen molar-refractivity contribution in [3.05, 3.63) is 69.5 Å². The maximum atomic E-state index is 13.5. The second kappa shape index (κ2) is 5.72. The van der Waals surface area contributed by atoms with Crippen LogP contribution in [0.25, 0.3) is 0 Å². The quantitative estimate of drug-likeness (QED) is 0.876. The fourth-order valence-corrected chi connectivity index (χ4v) is 2.53. The first-order chi connectivity index (χ1) is 9.04. The largest absolute Gasteiger partial charge is 0.309 e. The van der Waals surface area contributed by atoms with Crippen LogP contribution in [0.15, 0.2) is 36.4 Å². The Morgan fingerprint density at radius 1 is 1.05 bits per heavy atom. The maximum Gasteiger partial charge on any atom is 0.123 e. The van der Waals surface area contributed by atoms with Crippen LogP contribution in [-0.4, -0.2) is 7.05 Å². The van der Waals surface area contributed by atoms with E-state index in [0.29, 0.717) is 0 Å². The van der Waals surface area contributed by atoms with Gasteiger partial charge in [0.25, 0.3) is 0 Å². The average Bonchev–Trinajstić information content (AvgIpc) is 2.39. The minimum Gasteiger partial charge on any atom is -0.309 e. The molecular formula is C16H17ClFN. The fourth-order valence-electron chi connectivity index (χ4n) is 2.29. The summed E-state index contributed by atoms with van der Waals surface area (Å²) in [6.45, 7) is 3.94. The number of aryl methyl sites for hydroxylation is 2. The van der Waals surface area contributed by atoms with Crippen LogP contribution in [-0.2, 0) is 0 Å². The molecule has 3 heteroatoms. The minimum absolute atomic E-state index is 0.108. The monoisotopic (exact) mass is 277 g/mol. The summed E-state index contributed by atoms with van der Waals surface area (Å²) >= 11 is 6.38. The fraction of sp³-hybridized carbons (Fsp3) is 0.250. The molecular weight excluding hydrogens is 261 g/mol. The van der Waals surface area contributed by atoms with Gasteiger partial charge in [-0.3, -0.25) is 0 Å². The Morgan fingerprint density at radius 3 is 2.47 bits per heavy atom. The van der Waals surface area contributed by atoms with E-state index in [-0.39, 0.29) is 11.9 Å². The van der Waals surface area contributed by atoms with E-state index >= 15 is 0 Å². The normalized spacial score (nSPS) is 12.5. The lowest BCUT2D eigenvalue weighted by Crippen LogP contribution is -2.19. The van der Waals surface area contributed by atoms with E-state index in [4.69, 9.17) is 11.6 Å². The van der Waals surface area contributed by atoms with Crippen molar-refractivity contribution in [3.8, 4) is 0 Å². The van der Waals surface area contributed by atoms with E-state index in [2.05, 4.69) is 5.32 Å². The van der Waals surface area contributed by atoms with E-state index < -0.39 is 0 Å². The van der Waals surface area contributed by atoms with Crippen molar-refractivity contribution >= 4 is 11.6 Å². The van der Waals surface area contributed by atoms with Crippen LogP contribution < -0.4 is 5.32 Å². The molecule has 19 heavy (non-hydrogen) atoms. The van der Waals surface area contributed by atoms with Crippen LogP contribution in [0.3, 0.4) is 0 Å². The zero-order valence-electron chi connectivity index (χ0n) is 11.3. The Balaban J connectivity index is 2.56. The molecule has 0 aliphatic rings. The van der Waals surface area contributed by atoms with Crippen LogP contribution in [0.4, 0.5) is 4.39 Å². The minimum atomic E-state index is -0.232. The van der Waals surface area contributed by atoms with Gasteiger partial charge in [0.15, 0.2) is 0 Å². The van der Waals surface area contributed by atoms with E-state index in [1.54, 1.807) is 12.1 Å². The summed E-state index contributed by atoms with van der Waals surface area (Å²) in [6, 6.07) is 10.6. The molecule has 100 valence electrons. The van der Waals surface area contributed by atoms with Gasteiger partial charge in [-0.05, 0) is 55.3 Å². The summed E-state index contributed by atoms with van der Waals surface area (Å²) in [5.41, 5.74) is 3.94. The van der Waals surface area contributed by atoms with E-state index in [1.807, 2.05) is 39.1 Å². The van der Waals surface area contributed by atoms with Gasteiger partial charge in [-0.2, -0.15) is 0 Å². The molecule has 0 aliphatic carbocycles. The Bertz CT molecular complexity index is 593. The number of hydrogen-bond acceptors (Lipinski definition) is 1. The van der Waals surface area contributed by atoms with Crippen molar-refractivity contribution < 1.29 is 4.39 Å². The molecule has 0 radical (unpaired) electrons. The maximum absolute atomic E-state index is 13.5. The number of rotatable bonds is 3. The highest BCUT2D eigenvalue weighted by atomic mass is 35.5. The van der Waals surface area contributed by atoms with Gasteiger partial charge < -0.3 is 5.32 Å². The molecule has 0 amide bonds. The molecule has 0 aliphatic heterocycles. The van der Waals surface area contributed by atoms with Gasteiger partial charge in [-0.15, -0.1) is 0 Å². The van der Waals surface area contributed by atoms with E-state index in [9.17, 15) is 4.39 Å². The van der Waals surface area contributed by atoms with Crippen molar-refractivity contribution in [1.29, 1.82) is 0 Å². The third-order valence-electron chi connectivity index (χ3n) is 3.37. The molecule has 0 saturated heterocycles. The van der Waals surface area contributed by atoms with Crippen LogP contribution in [0.2, 0.25) is 5.02 Å². The van der Waals surface area contributed by atoms with E-state index in [1.165, 1.54) is 6.07 Å². The topological polar surface area (TPSA) is 12.0 Å². The zero-order valence-corrected chi connectivity index (χ0v) is 12.1. The number of benzene rings is 2. The molecule has 0 aromatic heterocycles. The van der Waals surface area contributed by atoms with Crippen molar-refractivity contribution in [2.75, 3.05) is 7.05 Å². The molecule has 1 unspecified atom stereocenters. The lowest BCUT2D eigenvalue weighted by Gasteiger charge is -2.21. The summed E-state index contributed by atoms with van der Waals surface area (Å²) < 4.78 is 13.5. The zero-order chi connectivity index (χ0) is 14.0. The Morgan fingerprint density at radius 2 is 1.79 bits per heavy atom. The number of nitrogens with one attached hydrogen (secondary N) is 1. The summed E-state index contributed by atoms with van der Waals surface area (Å²) in [4.78, 5) is 0. The second-order valence-electron chi connectivity index (χ2n) is 4.70. The second-order valence-corrected chi connectivity index (χ2v) is 5.08. The van der Waals surface area contributed by atoms with Crippen molar-refractivity contribution in [2.45, 2.75) is 19.9 Å². The third kappa shape index (κ3) is 2.80. The highest BCUT2D eigenvalue weighted by Crippen LogP contribution is 2.32. The van der Waals surface area contributed by atoms with Gasteiger partial charge in [0, 0.05) is 5.02 Å². The SMILES string of the molecule is CNC(c1cc(F)ccc1C)c1cccc(C)c1Cl. The standard InChI is InChI=1S/C16H17ClFN/c1-10-7-8-12(18)9-14(10)16(19-3)13-6-4-5-11(2)15(13)17/h4-9,16,19H,1-3H3. The van der Waals surface area contributed by atoms with E-state index in [0.717, 1.165) is 27.3 Å². The molecule has 1 N–H and O–H groups in total. The van der Waals surface area contributed by atoms with Crippen molar-refractivity contribution in [1.82, 2.24) is 5.32 Å². The van der Waals surface area contributed by atoms with Crippen LogP contribution in [0.1, 0.15) is 28.3 Å². The third-order valence-corrected chi connectivity index (χ3v) is 3.89. The molecule has 0 spiro atoms. The first-order valence-corrected chi connectivity index (χ1v) is 6.60. The summed E-state index contributed by atoms with van der Waals surface area (Å²) in [5, 5.41) is 3.95. The molecule has 0 fully saturated rings. The lowest BCUT2D eigenvalue weighted by molar-refractivity contribution is 0.615. The summed E-state index contributed by atoms with van der Waals surface area (Å²) in [6.07, 6.45) is 0. The first kappa shape index (κ1) is 14.0. The first-order valence-electron chi connectivity index (χ1n) is 6.23. The van der Waals surface area contributed by atoms with Gasteiger partial charge in [0.2, 0.25) is 0 Å². The molecule has 0 saturated carbocycles. The average molecular weight is 278 g/mol. The lowest BCUT2D eigenvalue weighted by atomic mass is 9.94. The van der Waals surface area contributed by atoms with Gasteiger partial charge in [0.1, 0.15) is 5.82 Å². The predicted molar refractivity (Wildman–Crippen MR) is 78.2 cm³/mol. The predicted octanol–water partition coefficient (Wildman–Crippen LogP) is 4.40. The molecule has 0 bridgehead atoms. The molecule has 2 aromatic rings. The molecule has 0 heterocycles. The van der Waals surface area contributed by atoms with Gasteiger partial charge in [0.05, 0.1) is 6.04 Å². The number of hydrogen-bond donors (Lipinski definition) is 1. The molecule has 1 nitrogen and oxygen atoms in total. The van der Waals surface area contributed by atoms with Crippen LogP contribution in [0.5, 0.6) is 0 Å². The summed E-state index contributed by atoms with van der Waals surface area (Å²) in [5.74, 6) is -0.232. The Labute approximate surface area is 118 Å². The van der Waals surface area contributed by atoms with Crippen LogP contribution in [0, 0.1) is 19.7 Å². The summed E-state index contributed by atoms with van der Waals surface area (Å²) in [7, 11) is 1.85.